The lowest BCUT2D eigenvalue weighted by Crippen LogP contribution is -2.46. The van der Waals surface area contributed by atoms with Gasteiger partial charge in [-0.1, -0.05) is 0 Å². The fraction of sp³-hybridized carbons (Fsp3) is 0.714. The van der Waals surface area contributed by atoms with E-state index in [1.54, 1.807) is 4.90 Å². The molecule has 11 heteroatoms. The van der Waals surface area contributed by atoms with Crippen LogP contribution in [0, 0.1) is 10.1 Å². The van der Waals surface area contributed by atoms with Gasteiger partial charge < -0.3 is 30.5 Å². The van der Waals surface area contributed by atoms with Gasteiger partial charge in [-0.3, -0.25) is 10.1 Å². The van der Waals surface area contributed by atoms with Crippen LogP contribution in [0.5, 0.6) is 0 Å². The first-order valence-electron chi connectivity index (χ1n) is 8.07. The topological polar surface area (TPSA) is 149 Å². The van der Waals surface area contributed by atoms with Gasteiger partial charge in [0, 0.05) is 19.6 Å². The summed E-state index contributed by atoms with van der Waals surface area (Å²) in [6, 6.07) is 0. The lowest BCUT2D eigenvalue weighted by molar-refractivity contribution is -0.383. The summed E-state index contributed by atoms with van der Waals surface area (Å²) in [7, 11) is 0. The molecular formula is C14H24N6O5. The van der Waals surface area contributed by atoms with Crippen molar-refractivity contribution < 1.29 is 19.5 Å². The van der Waals surface area contributed by atoms with E-state index in [4.69, 9.17) is 20.3 Å². The van der Waals surface area contributed by atoms with Crippen molar-refractivity contribution in [2.24, 2.45) is 0 Å². The van der Waals surface area contributed by atoms with Gasteiger partial charge in [-0.2, -0.15) is 9.97 Å². The van der Waals surface area contributed by atoms with Crippen LogP contribution in [0.15, 0.2) is 0 Å². The summed E-state index contributed by atoms with van der Waals surface area (Å²) in [5, 5.41) is 23.0. The minimum Gasteiger partial charge on any atom is -0.394 e. The SMILES string of the molecule is C[C@@H]1CN(c2nc(NCCOCCO)nc(N)c2[N+](=O)[O-])C[C@H](C)O1. The molecule has 1 saturated heterocycles. The zero-order valence-electron chi connectivity index (χ0n) is 14.3. The van der Waals surface area contributed by atoms with Crippen LogP contribution in [-0.4, -0.2) is 71.7 Å². The molecule has 2 rings (SSSR count). The van der Waals surface area contributed by atoms with E-state index < -0.39 is 4.92 Å². The highest BCUT2D eigenvalue weighted by atomic mass is 16.6. The lowest BCUT2D eigenvalue weighted by atomic mass is 10.2. The highest BCUT2D eigenvalue weighted by molar-refractivity contribution is 5.71. The summed E-state index contributed by atoms with van der Waals surface area (Å²) in [6.07, 6.45) is -0.161. The molecule has 1 fully saturated rings. The molecule has 25 heavy (non-hydrogen) atoms. The molecule has 11 nitrogen and oxygen atoms in total. The molecule has 0 aliphatic carbocycles. The molecule has 4 N–H and O–H groups in total. The zero-order chi connectivity index (χ0) is 18.4. The Bertz CT molecular complexity index is 591. The van der Waals surface area contributed by atoms with Crippen molar-refractivity contribution in [3.63, 3.8) is 0 Å². The molecule has 1 aromatic rings. The van der Waals surface area contributed by atoms with Crippen molar-refractivity contribution in [2.45, 2.75) is 26.1 Å². The third-order valence-electron chi connectivity index (χ3n) is 3.56. The molecule has 1 aliphatic rings. The van der Waals surface area contributed by atoms with E-state index >= 15 is 0 Å². The Morgan fingerprint density at radius 3 is 2.68 bits per heavy atom. The minimum atomic E-state index is -0.566. The third-order valence-corrected chi connectivity index (χ3v) is 3.56. The second kappa shape index (κ2) is 8.74. The van der Waals surface area contributed by atoms with Gasteiger partial charge in [0.2, 0.25) is 17.6 Å². The number of nitrogens with zero attached hydrogens (tertiary/aromatic N) is 4. The summed E-state index contributed by atoms with van der Waals surface area (Å²) in [6.45, 7) is 5.64. The predicted octanol–water partition coefficient (Wildman–Crippen LogP) is 0.00140. The van der Waals surface area contributed by atoms with Gasteiger partial charge in [0.05, 0.1) is 37.0 Å². The van der Waals surface area contributed by atoms with Gasteiger partial charge >= 0.3 is 5.69 Å². The molecule has 140 valence electrons. The molecule has 0 radical (unpaired) electrons. The van der Waals surface area contributed by atoms with Crippen molar-refractivity contribution in [3.05, 3.63) is 10.1 Å². The van der Waals surface area contributed by atoms with Crippen LogP contribution in [-0.2, 0) is 9.47 Å². The number of hydrogen-bond acceptors (Lipinski definition) is 10. The zero-order valence-corrected chi connectivity index (χ0v) is 14.3. The highest BCUT2D eigenvalue weighted by Gasteiger charge is 2.31. The van der Waals surface area contributed by atoms with Crippen molar-refractivity contribution in [1.82, 2.24) is 9.97 Å². The van der Waals surface area contributed by atoms with Crippen molar-refractivity contribution in [3.8, 4) is 0 Å². The first-order valence-corrected chi connectivity index (χ1v) is 8.07. The Hall–Kier alpha value is -2.24. The van der Waals surface area contributed by atoms with Gasteiger partial charge in [-0.05, 0) is 13.8 Å². The average Bonchev–Trinajstić information content (AvgIpc) is 2.52. The number of nitrogens with one attached hydrogen (secondary N) is 1. The third kappa shape index (κ3) is 5.11. The number of aromatic nitrogens is 2. The Kier molecular flexibility index (Phi) is 6.67. The molecule has 0 aromatic carbocycles. The van der Waals surface area contributed by atoms with Gasteiger partial charge in [-0.25, -0.2) is 0 Å². The van der Waals surface area contributed by atoms with Crippen molar-refractivity contribution >= 4 is 23.3 Å². The average molecular weight is 356 g/mol. The van der Waals surface area contributed by atoms with E-state index in [1.165, 1.54) is 0 Å². The van der Waals surface area contributed by atoms with Crippen molar-refractivity contribution in [2.75, 3.05) is 55.4 Å². The molecule has 0 bridgehead atoms. The van der Waals surface area contributed by atoms with E-state index in [0.717, 1.165) is 0 Å². The maximum atomic E-state index is 11.4. The van der Waals surface area contributed by atoms with Gasteiger partial charge in [0.1, 0.15) is 0 Å². The summed E-state index contributed by atoms with van der Waals surface area (Å²) in [5.41, 5.74) is 5.49. The van der Waals surface area contributed by atoms with Gasteiger partial charge in [-0.15, -0.1) is 0 Å². The number of nitro groups is 1. The molecule has 2 heterocycles. The molecule has 1 aromatic heterocycles. The molecular weight excluding hydrogens is 332 g/mol. The van der Waals surface area contributed by atoms with Crippen molar-refractivity contribution in [1.29, 1.82) is 0 Å². The van der Waals surface area contributed by atoms with Crippen LogP contribution in [0.2, 0.25) is 0 Å². The van der Waals surface area contributed by atoms with Crippen LogP contribution < -0.4 is 16.0 Å². The first kappa shape index (κ1) is 19.1. The Morgan fingerprint density at radius 1 is 1.40 bits per heavy atom. The van der Waals surface area contributed by atoms with E-state index in [9.17, 15) is 10.1 Å². The second-order valence-electron chi connectivity index (χ2n) is 5.79. The van der Waals surface area contributed by atoms with Crippen LogP contribution in [0.4, 0.5) is 23.3 Å². The molecule has 0 spiro atoms. The number of nitrogens with two attached hydrogens (primary N) is 1. The first-order chi connectivity index (χ1) is 11.9. The standard InChI is InChI=1S/C14H24N6O5/c1-9-7-19(8-10(2)25-9)13-11(20(22)23)12(15)17-14(18-13)16-3-5-24-6-4-21/h9-10,21H,3-8H2,1-2H3,(H3,15,16,17,18)/t9-,10+. The largest absolute Gasteiger partial charge is 0.394 e. The normalized spacial score (nSPS) is 20.5. The van der Waals surface area contributed by atoms with Crippen LogP contribution in [0.25, 0.3) is 0 Å². The van der Waals surface area contributed by atoms with Gasteiger partial charge in [0.25, 0.3) is 0 Å². The van der Waals surface area contributed by atoms with Crippen LogP contribution in [0.1, 0.15) is 13.8 Å². The van der Waals surface area contributed by atoms with Crippen LogP contribution in [0.3, 0.4) is 0 Å². The Morgan fingerprint density at radius 2 is 2.08 bits per heavy atom. The monoisotopic (exact) mass is 356 g/mol. The fourth-order valence-corrected chi connectivity index (χ4v) is 2.69. The van der Waals surface area contributed by atoms with E-state index in [0.29, 0.717) is 26.2 Å². The number of aliphatic hydroxyl groups is 1. The number of rotatable bonds is 8. The molecule has 0 amide bonds. The summed E-state index contributed by atoms with van der Waals surface area (Å²) >= 11 is 0. The Labute approximate surface area is 145 Å². The molecule has 0 unspecified atom stereocenters. The van der Waals surface area contributed by atoms with E-state index in [1.807, 2.05) is 13.8 Å². The molecule has 1 aliphatic heterocycles. The summed E-state index contributed by atoms with van der Waals surface area (Å²) in [5.74, 6) is 0.177. The number of ether oxygens (including phenoxy) is 2. The lowest BCUT2D eigenvalue weighted by Gasteiger charge is -2.35. The molecule has 0 saturated carbocycles. The molecule has 2 atom stereocenters. The second-order valence-corrected chi connectivity index (χ2v) is 5.79. The predicted molar refractivity (Wildman–Crippen MR) is 91.7 cm³/mol. The van der Waals surface area contributed by atoms with E-state index in [2.05, 4.69) is 15.3 Å². The maximum absolute atomic E-state index is 11.4. The van der Waals surface area contributed by atoms with Crippen LogP contribution >= 0.6 is 0 Å². The summed E-state index contributed by atoms with van der Waals surface area (Å²) < 4.78 is 10.8. The smallest absolute Gasteiger partial charge is 0.353 e. The minimum absolute atomic E-state index is 0.0570. The number of anilines is 3. The number of aliphatic hydroxyl groups excluding tert-OH is 1. The summed E-state index contributed by atoms with van der Waals surface area (Å²) in [4.78, 5) is 20.9. The van der Waals surface area contributed by atoms with Gasteiger partial charge in [0.15, 0.2) is 0 Å². The number of hydrogen-bond donors (Lipinski definition) is 3. The quantitative estimate of drug-likeness (QED) is 0.330. The fourth-order valence-electron chi connectivity index (χ4n) is 2.69. The Balaban J connectivity index is 2.21. The highest BCUT2D eigenvalue weighted by Crippen LogP contribution is 2.33. The maximum Gasteiger partial charge on any atom is 0.353 e. The van der Waals surface area contributed by atoms with E-state index in [-0.39, 0.29) is 48.7 Å². The number of morpholine rings is 1. The number of nitrogen functional groups attached to an aromatic ring is 1.